The largest absolute Gasteiger partial charge is 0.473 e. The van der Waals surface area contributed by atoms with Crippen molar-refractivity contribution in [1.82, 2.24) is 9.97 Å². The van der Waals surface area contributed by atoms with Gasteiger partial charge in [-0.15, -0.1) is 0 Å². The van der Waals surface area contributed by atoms with Crippen LogP contribution in [-0.4, -0.2) is 55.5 Å². The van der Waals surface area contributed by atoms with Gasteiger partial charge in [0.1, 0.15) is 6.33 Å². The van der Waals surface area contributed by atoms with Crippen molar-refractivity contribution in [1.29, 1.82) is 0 Å². The molecule has 0 aliphatic heterocycles. The van der Waals surface area contributed by atoms with Gasteiger partial charge < -0.3 is 19.5 Å². The zero-order valence-electron chi connectivity index (χ0n) is 11.5. The molecule has 0 saturated heterocycles. The Hall–Kier alpha value is -2.00. The summed E-state index contributed by atoms with van der Waals surface area (Å²) < 4.78 is 15.4. The molecule has 1 heterocycles. The van der Waals surface area contributed by atoms with E-state index in [4.69, 9.17) is 14.2 Å². The topological polar surface area (TPSA) is 109 Å². The van der Waals surface area contributed by atoms with Crippen LogP contribution < -0.4 is 10.1 Å². The molecule has 0 fully saturated rings. The Labute approximate surface area is 116 Å². The fourth-order valence-corrected chi connectivity index (χ4v) is 1.39. The van der Waals surface area contributed by atoms with Gasteiger partial charge in [0.25, 0.3) is 5.88 Å². The second kappa shape index (κ2) is 8.99. The van der Waals surface area contributed by atoms with Crippen molar-refractivity contribution < 1.29 is 19.1 Å². The Morgan fingerprint density at radius 3 is 2.75 bits per heavy atom. The third kappa shape index (κ3) is 4.94. The van der Waals surface area contributed by atoms with Gasteiger partial charge in [-0.1, -0.05) is 0 Å². The maximum absolute atomic E-state index is 11.0. The van der Waals surface area contributed by atoms with Crippen LogP contribution in [0.1, 0.15) is 6.42 Å². The maximum Gasteiger partial charge on any atom is 0.372 e. The molecule has 0 bridgehead atoms. The van der Waals surface area contributed by atoms with E-state index in [0.717, 1.165) is 0 Å². The molecule has 0 unspecified atom stereocenters. The van der Waals surface area contributed by atoms with Gasteiger partial charge in [0.2, 0.25) is 5.82 Å². The number of nitrogens with one attached hydrogen (secondary N) is 1. The highest BCUT2D eigenvalue weighted by atomic mass is 16.6. The van der Waals surface area contributed by atoms with Gasteiger partial charge in [0, 0.05) is 27.2 Å². The first kappa shape index (κ1) is 16.1. The predicted molar refractivity (Wildman–Crippen MR) is 71.0 cm³/mol. The Balaban J connectivity index is 2.45. The summed E-state index contributed by atoms with van der Waals surface area (Å²) in [7, 11) is 3.14. The highest BCUT2D eigenvalue weighted by Gasteiger charge is 2.23. The molecule has 0 radical (unpaired) electrons. The van der Waals surface area contributed by atoms with E-state index in [1.165, 1.54) is 6.33 Å². The van der Waals surface area contributed by atoms with Gasteiger partial charge in [-0.3, -0.25) is 10.1 Å². The minimum Gasteiger partial charge on any atom is -0.473 e. The van der Waals surface area contributed by atoms with Crippen molar-refractivity contribution in [2.24, 2.45) is 0 Å². The predicted octanol–water partition coefficient (Wildman–Crippen LogP) is 0.858. The lowest BCUT2D eigenvalue weighted by Gasteiger charge is -2.08. The molecule has 1 aromatic heterocycles. The van der Waals surface area contributed by atoms with Crippen LogP contribution in [-0.2, 0) is 9.47 Å². The molecule has 20 heavy (non-hydrogen) atoms. The second-order valence-electron chi connectivity index (χ2n) is 3.69. The number of hydrogen-bond donors (Lipinski definition) is 1. The Bertz CT molecular complexity index is 429. The van der Waals surface area contributed by atoms with Crippen LogP contribution in [0, 0.1) is 10.1 Å². The van der Waals surface area contributed by atoms with Gasteiger partial charge >= 0.3 is 5.69 Å². The Kier molecular flexibility index (Phi) is 7.22. The van der Waals surface area contributed by atoms with Crippen LogP contribution in [0.2, 0.25) is 0 Å². The van der Waals surface area contributed by atoms with E-state index in [0.29, 0.717) is 26.2 Å². The van der Waals surface area contributed by atoms with E-state index in [1.54, 1.807) is 14.2 Å². The molecule has 0 aliphatic carbocycles. The third-order valence-corrected chi connectivity index (χ3v) is 2.31. The van der Waals surface area contributed by atoms with E-state index in [2.05, 4.69) is 15.3 Å². The summed E-state index contributed by atoms with van der Waals surface area (Å²) in [5.41, 5.74) is -0.268. The molecule has 1 aromatic rings. The van der Waals surface area contributed by atoms with Crippen molar-refractivity contribution in [3.8, 4) is 5.88 Å². The van der Waals surface area contributed by atoms with Crippen LogP contribution >= 0.6 is 0 Å². The van der Waals surface area contributed by atoms with Crippen molar-refractivity contribution in [3.05, 3.63) is 16.4 Å². The first-order chi connectivity index (χ1) is 9.70. The van der Waals surface area contributed by atoms with Gasteiger partial charge in [0.15, 0.2) is 0 Å². The highest BCUT2D eigenvalue weighted by molar-refractivity contribution is 5.60. The molecule has 0 atom stereocenters. The zero-order chi connectivity index (χ0) is 14.8. The number of aromatic nitrogens is 2. The number of nitrogens with zero attached hydrogens (tertiary/aromatic N) is 3. The Morgan fingerprint density at radius 1 is 1.30 bits per heavy atom. The fourth-order valence-electron chi connectivity index (χ4n) is 1.39. The lowest BCUT2D eigenvalue weighted by Crippen LogP contribution is -2.09. The van der Waals surface area contributed by atoms with Crippen LogP contribution in [0.25, 0.3) is 0 Å². The molecular weight excluding hydrogens is 268 g/mol. The number of hydrogen-bond acceptors (Lipinski definition) is 8. The Morgan fingerprint density at radius 2 is 2.10 bits per heavy atom. The lowest BCUT2D eigenvalue weighted by molar-refractivity contribution is -0.385. The first-order valence-corrected chi connectivity index (χ1v) is 6.07. The second-order valence-corrected chi connectivity index (χ2v) is 3.69. The molecule has 9 heteroatoms. The molecule has 0 saturated carbocycles. The van der Waals surface area contributed by atoms with Gasteiger partial charge in [-0.25, -0.2) is 4.98 Å². The fraction of sp³-hybridized carbons (Fsp3) is 0.636. The van der Waals surface area contributed by atoms with E-state index in [9.17, 15) is 10.1 Å². The molecule has 0 aliphatic rings. The molecule has 1 N–H and O–H groups in total. The van der Waals surface area contributed by atoms with Crippen molar-refractivity contribution in [2.75, 3.05) is 45.9 Å². The van der Waals surface area contributed by atoms with E-state index >= 15 is 0 Å². The summed E-state index contributed by atoms with van der Waals surface area (Å²) in [5, 5.41) is 13.6. The van der Waals surface area contributed by atoms with Gasteiger partial charge in [-0.2, -0.15) is 4.98 Å². The summed E-state index contributed by atoms with van der Waals surface area (Å²) in [6.07, 6.45) is 1.81. The molecule has 0 spiro atoms. The number of anilines is 1. The van der Waals surface area contributed by atoms with Gasteiger partial charge in [0.05, 0.1) is 24.7 Å². The van der Waals surface area contributed by atoms with E-state index in [1.807, 2.05) is 0 Å². The van der Waals surface area contributed by atoms with Crippen LogP contribution in [0.15, 0.2) is 6.33 Å². The summed E-state index contributed by atoms with van der Waals surface area (Å²) >= 11 is 0. The number of ether oxygens (including phenoxy) is 3. The van der Waals surface area contributed by atoms with E-state index < -0.39 is 4.92 Å². The minimum atomic E-state index is -0.573. The van der Waals surface area contributed by atoms with Crippen molar-refractivity contribution >= 4 is 11.5 Å². The number of nitro groups is 1. The number of methoxy groups -OCH3 is 1. The first-order valence-electron chi connectivity index (χ1n) is 6.07. The normalized spacial score (nSPS) is 10.3. The average molecular weight is 286 g/mol. The monoisotopic (exact) mass is 286 g/mol. The van der Waals surface area contributed by atoms with E-state index in [-0.39, 0.29) is 24.0 Å². The maximum atomic E-state index is 11.0. The minimum absolute atomic E-state index is 0.0498. The van der Waals surface area contributed by atoms with Crippen LogP contribution in [0.5, 0.6) is 5.88 Å². The van der Waals surface area contributed by atoms with Crippen LogP contribution in [0.4, 0.5) is 11.5 Å². The van der Waals surface area contributed by atoms with Crippen molar-refractivity contribution in [3.63, 3.8) is 0 Å². The van der Waals surface area contributed by atoms with Crippen LogP contribution in [0.3, 0.4) is 0 Å². The molecule has 9 nitrogen and oxygen atoms in total. The molecule has 0 amide bonds. The molecule has 0 aromatic carbocycles. The SMILES string of the molecule is CNc1ncnc(OCCCOCCOC)c1[N+](=O)[O-]. The molecular formula is C11H18N4O5. The smallest absolute Gasteiger partial charge is 0.372 e. The highest BCUT2D eigenvalue weighted by Crippen LogP contribution is 2.30. The number of rotatable bonds is 10. The summed E-state index contributed by atoms with van der Waals surface area (Å²) in [6, 6.07) is 0. The zero-order valence-corrected chi connectivity index (χ0v) is 11.5. The quantitative estimate of drug-likeness (QED) is 0.383. The van der Waals surface area contributed by atoms with Crippen molar-refractivity contribution in [2.45, 2.75) is 6.42 Å². The summed E-state index contributed by atoms with van der Waals surface area (Å²) in [6.45, 7) is 1.80. The summed E-state index contributed by atoms with van der Waals surface area (Å²) in [4.78, 5) is 18.0. The average Bonchev–Trinajstić information content (AvgIpc) is 2.45. The van der Waals surface area contributed by atoms with Gasteiger partial charge in [-0.05, 0) is 0 Å². The molecule has 1 rings (SSSR count). The molecule has 112 valence electrons. The third-order valence-electron chi connectivity index (χ3n) is 2.31. The lowest BCUT2D eigenvalue weighted by atomic mass is 10.4. The summed E-state index contributed by atoms with van der Waals surface area (Å²) in [5.74, 6) is 0.0718. The standard InChI is InChI=1S/C11H18N4O5/c1-12-10-9(15(16)17)11(14-8-13-10)20-5-3-4-19-7-6-18-2/h8H,3-7H2,1-2H3,(H,12,13,14).